The van der Waals surface area contributed by atoms with E-state index in [1.165, 1.54) is 0 Å². The number of ether oxygens (including phenoxy) is 2. The highest BCUT2D eigenvalue weighted by molar-refractivity contribution is 5.41. The fourth-order valence-corrected chi connectivity index (χ4v) is 2.20. The van der Waals surface area contributed by atoms with Crippen LogP contribution in [-0.2, 0) is 19.3 Å². The molecular formula is C15H20N2O3. The predicted molar refractivity (Wildman–Crippen MR) is 77.2 cm³/mol. The standard InChI is InChI=1S/C15H20N2O3/c1-4-13-14(20-17-15(13)16)6-5-10-7-11(18-2)9-12(8-10)19-3/h7-9H,4-6H2,1-3H3,(H2,16,17). The van der Waals surface area contributed by atoms with Crippen LogP contribution in [0.2, 0.25) is 0 Å². The zero-order chi connectivity index (χ0) is 14.5. The van der Waals surface area contributed by atoms with Gasteiger partial charge in [0, 0.05) is 18.1 Å². The van der Waals surface area contributed by atoms with Crippen LogP contribution < -0.4 is 15.2 Å². The second-order valence-corrected chi connectivity index (χ2v) is 4.54. The normalized spacial score (nSPS) is 10.6. The topological polar surface area (TPSA) is 70.5 Å². The summed E-state index contributed by atoms with van der Waals surface area (Å²) in [6.45, 7) is 2.04. The van der Waals surface area contributed by atoms with Gasteiger partial charge >= 0.3 is 0 Å². The van der Waals surface area contributed by atoms with Gasteiger partial charge in [0.05, 0.1) is 14.2 Å². The summed E-state index contributed by atoms with van der Waals surface area (Å²) < 4.78 is 15.8. The molecule has 0 spiro atoms. The Kier molecular flexibility index (Phi) is 4.50. The SMILES string of the molecule is CCc1c(N)noc1CCc1cc(OC)cc(OC)c1. The van der Waals surface area contributed by atoms with E-state index in [0.717, 1.165) is 47.6 Å². The lowest BCUT2D eigenvalue weighted by Crippen LogP contribution is -1.97. The molecule has 0 atom stereocenters. The highest BCUT2D eigenvalue weighted by atomic mass is 16.5. The molecule has 2 aromatic rings. The number of benzene rings is 1. The maximum absolute atomic E-state index is 5.77. The molecule has 5 heteroatoms. The van der Waals surface area contributed by atoms with Crippen LogP contribution in [-0.4, -0.2) is 19.4 Å². The Morgan fingerprint density at radius 1 is 1.10 bits per heavy atom. The summed E-state index contributed by atoms with van der Waals surface area (Å²) in [6.07, 6.45) is 2.39. The van der Waals surface area contributed by atoms with Gasteiger partial charge in [-0.1, -0.05) is 12.1 Å². The second-order valence-electron chi connectivity index (χ2n) is 4.54. The molecule has 1 aromatic heterocycles. The third-order valence-electron chi connectivity index (χ3n) is 3.31. The van der Waals surface area contributed by atoms with E-state index in [1.807, 2.05) is 25.1 Å². The highest BCUT2D eigenvalue weighted by Crippen LogP contribution is 2.24. The molecule has 1 aromatic carbocycles. The zero-order valence-electron chi connectivity index (χ0n) is 12.1. The zero-order valence-corrected chi connectivity index (χ0v) is 12.1. The van der Waals surface area contributed by atoms with Crippen LogP contribution in [0.1, 0.15) is 23.8 Å². The summed E-state index contributed by atoms with van der Waals surface area (Å²) in [6, 6.07) is 5.84. The number of nitrogens with zero attached hydrogens (tertiary/aromatic N) is 1. The van der Waals surface area contributed by atoms with E-state index >= 15 is 0 Å². The van der Waals surface area contributed by atoms with Crippen molar-refractivity contribution in [1.29, 1.82) is 0 Å². The summed E-state index contributed by atoms with van der Waals surface area (Å²) >= 11 is 0. The third kappa shape index (κ3) is 3.04. The highest BCUT2D eigenvalue weighted by Gasteiger charge is 2.12. The van der Waals surface area contributed by atoms with E-state index in [0.29, 0.717) is 5.82 Å². The van der Waals surface area contributed by atoms with Crippen molar-refractivity contribution in [3.8, 4) is 11.5 Å². The molecule has 108 valence electrons. The number of methoxy groups -OCH3 is 2. The Morgan fingerprint density at radius 2 is 1.75 bits per heavy atom. The number of rotatable bonds is 6. The molecule has 5 nitrogen and oxygen atoms in total. The summed E-state index contributed by atoms with van der Waals surface area (Å²) in [5.74, 6) is 2.91. The van der Waals surface area contributed by atoms with Gasteiger partial charge in [0.25, 0.3) is 0 Å². The van der Waals surface area contributed by atoms with Gasteiger partial charge in [0.1, 0.15) is 17.3 Å². The van der Waals surface area contributed by atoms with Crippen molar-refractivity contribution in [2.75, 3.05) is 20.0 Å². The molecule has 0 bridgehead atoms. The van der Waals surface area contributed by atoms with Gasteiger partial charge in [-0.25, -0.2) is 0 Å². The molecule has 0 unspecified atom stereocenters. The first-order chi connectivity index (χ1) is 9.67. The minimum absolute atomic E-state index is 0.491. The van der Waals surface area contributed by atoms with Crippen LogP contribution in [0.15, 0.2) is 22.7 Å². The molecule has 0 amide bonds. The quantitative estimate of drug-likeness (QED) is 0.878. The fourth-order valence-electron chi connectivity index (χ4n) is 2.20. The molecule has 2 rings (SSSR count). The van der Waals surface area contributed by atoms with Gasteiger partial charge in [-0.2, -0.15) is 0 Å². The molecule has 0 fully saturated rings. The van der Waals surface area contributed by atoms with Gasteiger partial charge in [-0.05, 0) is 30.5 Å². The third-order valence-corrected chi connectivity index (χ3v) is 3.31. The average Bonchev–Trinajstić information content (AvgIpc) is 2.84. The fraction of sp³-hybridized carbons (Fsp3) is 0.400. The number of aryl methyl sites for hydroxylation is 2. The Morgan fingerprint density at radius 3 is 2.30 bits per heavy atom. The molecule has 0 radical (unpaired) electrons. The van der Waals surface area contributed by atoms with Crippen molar-refractivity contribution in [3.63, 3.8) is 0 Å². The van der Waals surface area contributed by atoms with Gasteiger partial charge in [0.15, 0.2) is 5.82 Å². The molecule has 0 aliphatic heterocycles. The number of aromatic nitrogens is 1. The molecular weight excluding hydrogens is 256 g/mol. The lowest BCUT2D eigenvalue weighted by atomic mass is 10.0. The number of hydrogen-bond donors (Lipinski definition) is 1. The largest absolute Gasteiger partial charge is 0.497 e. The van der Waals surface area contributed by atoms with Crippen LogP contribution in [0.3, 0.4) is 0 Å². The van der Waals surface area contributed by atoms with Crippen LogP contribution >= 0.6 is 0 Å². The van der Waals surface area contributed by atoms with Crippen molar-refractivity contribution >= 4 is 5.82 Å². The van der Waals surface area contributed by atoms with Gasteiger partial charge in [-0.3, -0.25) is 0 Å². The van der Waals surface area contributed by atoms with Crippen molar-refractivity contribution in [2.24, 2.45) is 0 Å². The van der Waals surface area contributed by atoms with E-state index in [4.69, 9.17) is 19.7 Å². The summed E-state index contributed by atoms with van der Waals surface area (Å²) in [5, 5.41) is 3.82. The Bertz CT molecular complexity index is 556. The van der Waals surface area contributed by atoms with E-state index in [-0.39, 0.29) is 0 Å². The molecule has 0 aliphatic carbocycles. The van der Waals surface area contributed by atoms with Crippen molar-refractivity contribution < 1.29 is 14.0 Å². The minimum atomic E-state index is 0.491. The van der Waals surface area contributed by atoms with Gasteiger partial charge < -0.3 is 19.7 Å². The Balaban J connectivity index is 2.14. The second kappa shape index (κ2) is 6.32. The minimum Gasteiger partial charge on any atom is -0.497 e. The van der Waals surface area contributed by atoms with E-state index < -0.39 is 0 Å². The van der Waals surface area contributed by atoms with E-state index in [9.17, 15) is 0 Å². The molecule has 1 heterocycles. The van der Waals surface area contributed by atoms with Crippen molar-refractivity contribution in [2.45, 2.75) is 26.2 Å². The van der Waals surface area contributed by atoms with Crippen LogP contribution in [0, 0.1) is 0 Å². The summed E-state index contributed by atoms with van der Waals surface area (Å²) in [4.78, 5) is 0. The lowest BCUT2D eigenvalue weighted by molar-refractivity contribution is 0.382. The number of nitrogen functional groups attached to an aromatic ring is 1. The summed E-state index contributed by atoms with van der Waals surface area (Å²) in [7, 11) is 3.29. The van der Waals surface area contributed by atoms with Crippen LogP contribution in [0.5, 0.6) is 11.5 Å². The number of anilines is 1. The maximum atomic E-state index is 5.77. The predicted octanol–water partition coefficient (Wildman–Crippen LogP) is 2.62. The Labute approximate surface area is 118 Å². The van der Waals surface area contributed by atoms with Crippen molar-refractivity contribution in [1.82, 2.24) is 5.16 Å². The van der Waals surface area contributed by atoms with E-state index in [1.54, 1.807) is 14.2 Å². The molecule has 0 aliphatic rings. The monoisotopic (exact) mass is 276 g/mol. The first-order valence-corrected chi connectivity index (χ1v) is 6.62. The van der Waals surface area contributed by atoms with Gasteiger partial charge in [0.2, 0.25) is 0 Å². The first kappa shape index (κ1) is 14.2. The van der Waals surface area contributed by atoms with E-state index in [2.05, 4.69) is 5.16 Å². The smallest absolute Gasteiger partial charge is 0.170 e. The molecule has 0 saturated heterocycles. The van der Waals surface area contributed by atoms with Crippen molar-refractivity contribution in [3.05, 3.63) is 35.1 Å². The first-order valence-electron chi connectivity index (χ1n) is 6.62. The molecule has 0 saturated carbocycles. The molecule has 2 N–H and O–H groups in total. The maximum Gasteiger partial charge on any atom is 0.170 e. The average molecular weight is 276 g/mol. The number of nitrogens with two attached hydrogens (primary N) is 1. The Hall–Kier alpha value is -2.17. The van der Waals surface area contributed by atoms with Crippen LogP contribution in [0.4, 0.5) is 5.82 Å². The number of hydrogen-bond acceptors (Lipinski definition) is 5. The summed E-state index contributed by atoms with van der Waals surface area (Å²) in [5.41, 5.74) is 7.89. The lowest BCUT2D eigenvalue weighted by Gasteiger charge is -2.08. The van der Waals surface area contributed by atoms with Crippen LogP contribution in [0.25, 0.3) is 0 Å². The molecule has 20 heavy (non-hydrogen) atoms. The van der Waals surface area contributed by atoms with Gasteiger partial charge in [-0.15, -0.1) is 0 Å².